The minimum atomic E-state index is 0.264. The molecule has 0 aromatic rings. The molecule has 3 nitrogen and oxygen atoms in total. The molecule has 3 saturated carbocycles. The van der Waals surface area contributed by atoms with E-state index in [9.17, 15) is 0 Å². The lowest BCUT2D eigenvalue weighted by Crippen LogP contribution is -2.37. The summed E-state index contributed by atoms with van der Waals surface area (Å²) in [7, 11) is 0. The Balaban J connectivity index is 1.68. The van der Waals surface area contributed by atoms with E-state index in [4.69, 9.17) is 12.2 Å². The molecule has 0 spiro atoms. The van der Waals surface area contributed by atoms with Crippen molar-refractivity contribution in [1.29, 1.82) is 0 Å². The lowest BCUT2D eigenvalue weighted by atomic mass is 9.70. The third-order valence-corrected chi connectivity index (χ3v) is 5.93. The van der Waals surface area contributed by atoms with Gasteiger partial charge in [-0.25, -0.2) is 0 Å². The van der Waals surface area contributed by atoms with Crippen LogP contribution in [0.2, 0.25) is 0 Å². The zero-order chi connectivity index (χ0) is 13.0. The van der Waals surface area contributed by atoms with Crippen LogP contribution < -0.4 is 10.7 Å². The molecule has 0 aromatic carbocycles. The van der Waals surface area contributed by atoms with Crippen molar-refractivity contribution in [2.45, 2.75) is 58.9 Å². The van der Waals surface area contributed by atoms with Crippen LogP contribution in [0, 0.1) is 16.7 Å². The fourth-order valence-corrected chi connectivity index (χ4v) is 3.87. The monoisotopic (exact) mass is 265 g/mol. The van der Waals surface area contributed by atoms with Crippen molar-refractivity contribution in [2.24, 2.45) is 21.8 Å². The summed E-state index contributed by atoms with van der Waals surface area (Å²) in [6.45, 7) is 7.17. The molecule has 0 aromatic heterocycles. The van der Waals surface area contributed by atoms with E-state index in [2.05, 4.69) is 36.6 Å². The third kappa shape index (κ3) is 1.77. The summed E-state index contributed by atoms with van der Waals surface area (Å²) in [4.78, 5) is 0. The summed E-state index contributed by atoms with van der Waals surface area (Å²) >= 11 is 5.26. The average Bonchev–Trinajstić information content (AvgIpc) is 3.04. The van der Waals surface area contributed by atoms with E-state index in [0.717, 1.165) is 12.3 Å². The quantitative estimate of drug-likeness (QED) is 0.595. The largest absolute Gasteiger partial charge is 0.359 e. The average molecular weight is 265 g/mol. The van der Waals surface area contributed by atoms with E-state index in [-0.39, 0.29) is 5.41 Å². The van der Waals surface area contributed by atoms with Crippen molar-refractivity contribution >= 4 is 23.0 Å². The van der Waals surface area contributed by atoms with Crippen molar-refractivity contribution in [3.05, 3.63) is 0 Å². The standard InChI is InChI=1S/C14H23N3S/c1-13(2)9-6-7-14(13,3)11(8-9)16-17-12(18)15-10-4-5-10/h9-10H,4-8H2,1-3H3,(H2,15,17,18)/b16-11-/t9-,14-/m1/s1. The fourth-order valence-electron chi connectivity index (χ4n) is 3.66. The second-order valence-corrected chi connectivity index (χ2v) is 7.32. The molecule has 100 valence electrons. The molecule has 0 unspecified atom stereocenters. The first-order valence-corrected chi connectivity index (χ1v) is 7.48. The normalized spacial score (nSPS) is 39.1. The molecular formula is C14H23N3S. The van der Waals surface area contributed by atoms with Crippen LogP contribution in [0.3, 0.4) is 0 Å². The summed E-state index contributed by atoms with van der Waals surface area (Å²) in [6.07, 6.45) is 6.25. The molecular weight excluding hydrogens is 242 g/mol. The predicted octanol–water partition coefficient (Wildman–Crippen LogP) is 2.82. The molecule has 18 heavy (non-hydrogen) atoms. The van der Waals surface area contributed by atoms with E-state index in [1.807, 2.05) is 0 Å². The van der Waals surface area contributed by atoms with Gasteiger partial charge in [0.15, 0.2) is 5.11 Å². The van der Waals surface area contributed by atoms with Gasteiger partial charge in [0.05, 0.1) is 0 Å². The van der Waals surface area contributed by atoms with Crippen molar-refractivity contribution in [3.63, 3.8) is 0 Å². The first-order chi connectivity index (χ1) is 8.43. The topological polar surface area (TPSA) is 36.4 Å². The Hall–Kier alpha value is -0.640. The van der Waals surface area contributed by atoms with Crippen molar-refractivity contribution in [2.75, 3.05) is 0 Å². The van der Waals surface area contributed by atoms with Gasteiger partial charge >= 0.3 is 0 Å². The van der Waals surface area contributed by atoms with Crippen LogP contribution in [0.4, 0.5) is 0 Å². The maximum Gasteiger partial charge on any atom is 0.187 e. The highest BCUT2D eigenvalue weighted by Gasteiger charge is 2.59. The molecule has 0 saturated heterocycles. The van der Waals surface area contributed by atoms with E-state index < -0.39 is 0 Å². The van der Waals surface area contributed by atoms with Gasteiger partial charge in [-0.1, -0.05) is 20.8 Å². The van der Waals surface area contributed by atoms with Crippen LogP contribution in [0.5, 0.6) is 0 Å². The van der Waals surface area contributed by atoms with Gasteiger partial charge in [-0.15, -0.1) is 0 Å². The minimum Gasteiger partial charge on any atom is -0.359 e. The maximum absolute atomic E-state index is 5.26. The Morgan fingerprint density at radius 2 is 2.00 bits per heavy atom. The third-order valence-electron chi connectivity index (χ3n) is 5.72. The summed E-state index contributed by atoms with van der Waals surface area (Å²) in [5, 5.41) is 8.57. The van der Waals surface area contributed by atoms with Crippen LogP contribution in [-0.4, -0.2) is 16.9 Å². The molecule has 3 rings (SSSR count). The second kappa shape index (κ2) is 3.92. The van der Waals surface area contributed by atoms with Gasteiger partial charge in [0.1, 0.15) is 0 Å². The zero-order valence-electron chi connectivity index (χ0n) is 11.5. The minimum absolute atomic E-state index is 0.264. The van der Waals surface area contributed by atoms with E-state index in [1.165, 1.54) is 31.4 Å². The number of rotatable bonds is 2. The van der Waals surface area contributed by atoms with Crippen LogP contribution in [0.1, 0.15) is 52.9 Å². The number of hydrogen-bond acceptors (Lipinski definition) is 2. The number of hydrazone groups is 1. The van der Waals surface area contributed by atoms with Gasteiger partial charge < -0.3 is 5.32 Å². The number of fused-ring (bicyclic) bond motifs is 2. The van der Waals surface area contributed by atoms with Crippen molar-refractivity contribution in [1.82, 2.24) is 10.7 Å². The highest BCUT2D eigenvalue weighted by atomic mass is 32.1. The molecule has 0 radical (unpaired) electrons. The van der Waals surface area contributed by atoms with Crippen LogP contribution in [-0.2, 0) is 0 Å². The molecule has 3 aliphatic rings. The van der Waals surface area contributed by atoms with E-state index in [1.54, 1.807) is 0 Å². The number of hydrogen-bond donors (Lipinski definition) is 2. The molecule has 2 bridgehead atoms. The van der Waals surface area contributed by atoms with Crippen LogP contribution >= 0.6 is 12.2 Å². The van der Waals surface area contributed by atoms with Gasteiger partial charge in [-0.3, -0.25) is 5.43 Å². The maximum atomic E-state index is 5.26. The molecule has 0 heterocycles. The van der Waals surface area contributed by atoms with Crippen molar-refractivity contribution < 1.29 is 0 Å². The SMILES string of the molecule is CC1(C)[C@@H]2CC[C@]1(C)/C(=N\NC(=S)NC1CC1)C2. The van der Waals surface area contributed by atoms with Crippen LogP contribution in [0.25, 0.3) is 0 Å². The Morgan fingerprint density at radius 3 is 2.50 bits per heavy atom. The molecule has 2 atom stereocenters. The number of nitrogens with one attached hydrogen (secondary N) is 2. The van der Waals surface area contributed by atoms with Gasteiger partial charge in [0.2, 0.25) is 0 Å². The van der Waals surface area contributed by atoms with Gasteiger partial charge in [-0.2, -0.15) is 5.10 Å². The molecule has 3 fully saturated rings. The van der Waals surface area contributed by atoms with E-state index in [0.29, 0.717) is 16.6 Å². The van der Waals surface area contributed by atoms with Gasteiger partial charge in [0.25, 0.3) is 0 Å². The lowest BCUT2D eigenvalue weighted by molar-refractivity contribution is 0.193. The molecule has 4 heteroatoms. The number of thiocarbonyl (C=S) groups is 1. The van der Waals surface area contributed by atoms with Crippen molar-refractivity contribution in [3.8, 4) is 0 Å². The lowest BCUT2D eigenvalue weighted by Gasteiger charge is -2.34. The summed E-state index contributed by atoms with van der Waals surface area (Å²) in [5.74, 6) is 0.799. The van der Waals surface area contributed by atoms with Gasteiger partial charge in [0, 0.05) is 17.2 Å². The fraction of sp³-hybridized carbons (Fsp3) is 0.857. The smallest absolute Gasteiger partial charge is 0.187 e. The Labute approximate surface area is 115 Å². The first kappa shape index (κ1) is 12.4. The zero-order valence-corrected chi connectivity index (χ0v) is 12.4. The molecule has 0 amide bonds. The summed E-state index contributed by atoms with van der Waals surface area (Å²) in [6, 6.07) is 0.595. The Kier molecular flexibility index (Phi) is 2.70. The Morgan fingerprint density at radius 1 is 1.28 bits per heavy atom. The predicted molar refractivity (Wildman–Crippen MR) is 78.6 cm³/mol. The summed E-state index contributed by atoms with van der Waals surface area (Å²) in [5.41, 5.74) is 5.03. The first-order valence-electron chi connectivity index (χ1n) is 7.07. The number of nitrogens with zero attached hydrogens (tertiary/aromatic N) is 1. The molecule has 2 N–H and O–H groups in total. The Bertz CT molecular complexity index is 411. The van der Waals surface area contributed by atoms with Gasteiger partial charge in [-0.05, 0) is 55.7 Å². The van der Waals surface area contributed by atoms with Crippen LogP contribution in [0.15, 0.2) is 5.10 Å². The second-order valence-electron chi connectivity index (χ2n) is 6.91. The van der Waals surface area contributed by atoms with E-state index >= 15 is 0 Å². The summed E-state index contributed by atoms with van der Waals surface area (Å²) < 4.78 is 0. The highest BCUT2D eigenvalue weighted by Crippen LogP contribution is 2.63. The molecule has 3 aliphatic carbocycles. The highest BCUT2D eigenvalue weighted by molar-refractivity contribution is 7.80. The molecule has 0 aliphatic heterocycles.